The third kappa shape index (κ3) is 14.9. The van der Waals surface area contributed by atoms with Gasteiger partial charge >= 0.3 is 11.9 Å². The molecule has 0 aromatic carbocycles. The number of aliphatic hydroxyl groups excluding tert-OH is 1. The molecule has 1 unspecified atom stereocenters. The van der Waals surface area contributed by atoms with Crippen molar-refractivity contribution in [2.75, 3.05) is 13.1 Å². The van der Waals surface area contributed by atoms with Crippen LogP contribution in [0.2, 0.25) is 0 Å². The van der Waals surface area contributed by atoms with Gasteiger partial charge in [0.25, 0.3) is 0 Å². The minimum Gasteiger partial charge on any atom is -0.481 e. The van der Waals surface area contributed by atoms with Gasteiger partial charge in [0.05, 0.1) is 0 Å². The van der Waals surface area contributed by atoms with Crippen LogP contribution in [0.5, 0.6) is 0 Å². The number of unbranched alkanes of at least 4 members (excludes halogenated alkanes) is 1. The highest BCUT2D eigenvalue weighted by Gasteiger charge is 2.02. The lowest BCUT2D eigenvalue weighted by Gasteiger charge is -2.20. The van der Waals surface area contributed by atoms with Crippen molar-refractivity contribution in [1.29, 1.82) is 0 Å². The molecule has 1 atom stereocenters. The van der Waals surface area contributed by atoms with Crippen LogP contribution >= 0.6 is 0 Å². The van der Waals surface area contributed by atoms with Crippen LogP contribution in [0.25, 0.3) is 0 Å². The summed E-state index contributed by atoms with van der Waals surface area (Å²) in [4.78, 5) is 21.8. The second-order valence-corrected chi connectivity index (χ2v) is 3.85. The van der Waals surface area contributed by atoms with E-state index in [0.717, 1.165) is 13.1 Å². The molecule has 18 heavy (non-hydrogen) atoms. The third-order valence-electron chi connectivity index (χ3n) is 2.37. The Bertz CT molecular complexity index is 211. The Labute approximate surface area is 108 Å². The molecule has 0 heterocycles. The van der Waals surface area contributed by atoms with Crippen LogP contribution in [0.15, 0.2) is 0 Å². The van der Waals surface area contributed by atoms with Gasteiger partial charge in [0.2, 0.25) is 0 Å². The molecule has 0 fully saturated rings. The summed E-state index contributed by atoms with van der Waals surface area (Å²) in [6, 6.07) is 0. The number of carbonyl (C=O) groups is 2. The Morgan fingerprint density at radius 1 is 1.00 bits per heavy atom. The van der Waals surface area contributed by atoms with Crippen molar-refractivity contribution >= 4 is 11.9 Å². The molecular weight excluding hydrogens is 238 g/mol. The molecule has 0 aliphatic carbocycles. The van der Waals surface area contributed by atoms with E-state index >= 15 is 0 Å². The average Bonchev–Trinajstić information content (AvgIpc) is 2.26. The maximum atomic E-state index is 9.90. The molecule has 6 heteroatoms. The van der Waals surface area contributed by atoms with E-state index in [4.69, 9.17) is 15.3 Å². The van der Waals surface area contributed by atoms with Crippen LogP contribution in [0, 0.1) is 0 Å². The number of carboxylic acids is 2. The second kappa shape index (κ2) is 12.3. The predicted octanol–water partition coefficient (Wildman–Crippen LogP) is 1.38. The van der Waals surface area contributed by atoms with Crippen molar-refractivity contribution in [2.24, 2.45) is 0 Å². The van der Waals surface area contributed by atoms with Crippen molar-refractivity contribution in [1.82, 2.24) is 4.90 Å². The molecule has 3 N–H and O–H groups in total. The van der Waals surface area contributed by atoms with Crippen molar-refractivity contribution < 1.29 is 24.9 Å². The molecule has 0 aliphatic rings. The minimum absolute atomic E-state index is 0.0628. The summed E-state index contributed by atoms with van der Waals surface area (Å²) < 4.78 is 0. The Balaban J connectivity index is 0. The number of aliphatic carboxylic acids is 2. The molecule has 0 rings (SSSR count). The number of hydrogen-bond donors (Lipinski definition) is 3. The molecule has 6 nitrogen and oxygen atoms in total. The van der Waals surface area contributed by atoms with E-state index in [9.17, 15) is 9.59 Å². The maximum absolute atomic E-state index is 9.90. The van der Waals surface area contributed by atoms with Crippen LogP contribution < -0.4 is 0 Å². The van der Waals surface area contributed by atoms with Crippen molar-refractivity contribution in [3.8, 4) is 0 Å². The van der Waals surface area contributed by atoms with Gasteiger partial charge in [0.1, 0.15) is 6.23 Å². The quantitative estimate of drug-likeness (QED) is 0.452. The van der Waals surface area contributed by atoms with E-state index in [0.29, 0.717) is 12.8 Å². The van der Waals surface area contributed by atoms with Gasteiger partial charge in [0, 0.05) is 12.8 Å². The normalized spacial score (nSPS) is 11.6. The summed E-state index contributed by atoms with van der Waals surface area (Å²) in [5, 5.41) is 25.2. The maximum Gasteiger partial charge on any atom is 0.303 e. The number of hydrogen-bond acceptors (Lipinski definition) is 4. The van der Waals surface area contributed by atoms with Gasteiger partial charge in [-0.25, -0.2) is 0 Å². The lowest BCUT2D eigenvalue weighted by Crippen LogP contribution is -2.32. The highest BCUT2D eigenvalue weighted by atomic mass is 16.4. The SMILES string of the molecule is CCN(CC)C(C)O.O=C(O)CCCCC(=O)O. The molecule has 0 aromatic rings. The summed E-state index contributed by atoms with van der Waals surface area (Å²) in [6.45, 7) is 7.71. The molecule has 0 saturated heterocycles. The summed E-state index contributed by atoms with van der Waals surface area (Å²) >= 11 is 0. The van der Waals surface area contributed by atoms with E-state index in [1.54, 1.807) is 6.92 Å². The van der Waals surface area contributed by atoms with Crippen LogP contribution in [0.3, 0.4) is 0 Å². The average molecular weight is 263 g/mol. The first-order valence-electron chi connectivity index (χ1n) is 6.20. The van der Waals surface area contributed by atoms with Gasteiger partial charge < -0.3 is 15.3 Å². The summed E-state index contributed by atoms with van der Waals surface area (Å²) in [5.74, 6) is -1.74. The van der Waals surface area contributed by atoms with Gasteiger partial charge in [-0.15, -0.1) is 0 Å². The number of carboxylic acid groups (broad SMARTS) is 2. The molecule has 0 aromatic heterocycles. The van der Waals surface area contributed by atoms with Gasteiger partial charge in [-0.3, -0.25) is 14.5 Å². The van der Waals surface area contributed by atoms with Gasteiger partial charge in [-0.05, 0) is 32.9 Å². The highest BCUT2D eigenvalue weighted by molar-refractivity contribution is 5.67. The first-order chi connectivity index (χ1) is 8.34. The standard InChI is InChI=1S/C6H15NO.C6H10O4/c1-4-7(5-2)6(3)8;7-5(8)3-1-2-4-6(9)10/h6,8H,4-5H2,1-3H3;1-4H2,(H,7,8)(H,9,10). The van der Waals surface area contributed by atoms with Crippen LogP contribution in [0.4, 0.5) is 0 Å². The molecule has 0 amide bonds. The zero-order valence-electron chi connectivity index (χ0n) is 11.4. The van der Waals surface area contributed by atoms with Gasteiger partial charge in [-0.1, -0.05) is 13.8 Å². The lowest BCUT2D eigenvalue weighted by atomic mass is 10.2. The molecule has 0 spiro atoms. The van der Waals surface area contributed by atoms with Crippen LogP contribution in [-0.2, 0) is 9.59 Å². The zero-order chi connectivity index (χ0) is 14.6. The molecular formula is C12H25NO5. The summed E-state index contributed by atoms with van der Waals surface area (Å²) in [5.41, 5.74) is 0. The Hall–Kier alpha value is -1.14. The summed E-state index contributed by atoms with van der Waals surface area (Å²) in [7, 11) is 0. The fourth-order valence-electron chi connectivity index (χ4n) is 1.30. The molecule has 0 aliphatic heterocycles. The van der Waals surface area contributed by atoms with E-state index in [2.05, 4.69) is 0 Å². The fourth-order valence-corrected chi connectivity index (χ4v) is 1.30. The third-order valence-corrected chi connectivity index (χ3v) is 2.37. The van der Waals surface area contributed by atoms with Crippen molar-refractivity contribution in [3.63, 3.8) is 0 Å². The monoisotopic (exact) mass is 263 g/mol. The molecule has 0 saturated carbocycles. The van der Waals surface area contributed by atoms with Gasteiger partial charge in [-0.2, -0.15) is 0 Å². The largest absolute Gasteiger partial charge is 0.481 e. The minimum atomic E-state index is -0.870. The second-order valence-electron chi connectivity index (χ2n) is 3.85. The zero-order valence-corrected chi connectivity index (χ0v) is 11.4. The van der Waals surface area contributed by atoms with E-state index < -0.39 is 11.9 Å². The van der Waals surface area contributed by atoms with Gasteiger partial charge in [0.15, 0.2) is 0 Å². The summed E-state index contributed by atoms with van der Waals surface area (Å²) in [6.07, 6.45) is 0.731. The molecule has 108 valence electrons. The predicted molar refractivity (Wildman–Crippen MR) is 68.3 cm³/mol. The van der Waals surface area contributed by atoms with E-state index in [1.165, 1.54) is 0 Å². The first kappa shape index (κ1) is 19.2. The Kier molecular flexibility index (Phi) is 13.1. The lowest BCUT2D eigenvalue weighted by molar-refractivity contribution is -0.139. The Morgan fingerprint density at radius 3 is 1.44 bits per heavy atom. The van der Waals surface area contributed by atoms with Crippen LogP contribution in [-0.4, -0.2) is 51.5 Å². The number of nitrogens with zero attached hydrogens (tertiary/aromatic N) is 1. The molecule has 0 radical (unpaired) electrons. The topological polar surface area (TPSA) is 98.1 Å². The number of rotatable bonds is 8. The number of aliphatic hydroxyl groups is 1. The van der Waals surface area contributed by atoms with Crippen LogP contribution in [0.1, 0.15) is 46.5 Å². The fraction of sp³-hybridized carbons (Fsp3) is 0.833. The van der Waals surface area contributed by atoms with Crippen molar-refractivity contribution in [2.45, 2.75) is 52.7 Å². The van der Waals surface area contributed by atoms with E-state index in [-0.39, 0.29) is 19.1 Å². The smallest absolute Gasteiger partial charge is 0.303 e. The Morgan fingerprint density at radius 2 is 1.33 bits per heavy atom. The first-order valence-corrected chi connectivity index (χ1v) is 6.20. The van der Waals surface area contributed by atoms with Crippen molar-refractivity contribution in [3.05, 3.63) is 0 Å². The molecule has 0 bridgehead atoms. The highest BCUT2D eigenvalue weighted by Crippen LogP contribution is 1.98. The van der Waals surface area contributed by atoms with E-state index in [1.807, 2.05) is 18.7 Å².